The van der Waals surface area contributed by atoms with Gasteiger partial charge in [0.05, 0.1) is 22.5 Å². The molecule has 0 radical (unpaired) electrons. The number of nitrogens with zero attached hydrogens (tertiary/aromatic N) is 2. The van der Waals surface area contributed by atoms with Gasteiger partial charge in [-0.25, -0.2) is 8.78 Å². The average molecular weight is 758 g/mol. The fourth-order valence-electron chi connectivity index (χ4n) is 8.55. The lowest BCUT2D eigenvalue weighted by Gasteiger charge is -2.22. The van der Waals surface area contributed by atoms with Gasteiger partial charge in [0.25, 0.3) is 0 Å². The largest absolute Gasteiger partial charge is 0.455 e. The molecule has 2 aliphatic rings. The molecule has 0 aliphatic heterocycles. The van der Waals surface area contributed by atoms with Crippen molar-refractivity contribution in [2.24, 2.45) is 4.99 Å². The summed E-state index contributed by atoms with van der Waals surface area (Å²) in [5, 5.41) is 10.0. The lowest BCUT2D eigenvalue weighted by Crippen LogP contribution is -2.10. The number of para-hydroxylation sites is 1. The first kappa shape index (κ1) is 35.2. The third-order valence-corrected chi connectivity index (χ3v) is 11.3. The van der Waals surface area contributed by atoms with Gasteiger partial charge in [-0.15, -0.1) is 0 Å². The molecule has 2 aliphatic carbocycles. The maximum atomic E-state index is 16.1. The zero-order valence-corrected chi connectivity index (χ0v) is 31.4. The van der Waals surface area contributed by atoms with Crippen molar-refractivity contribution in [3.63, 3.8) is 0 Å². The summed E-state index contributed by atoms with van der Waals surface area (Å²) in [7, 11) is 0. The van der Waals surface area contributed by atoms with E-state index in [1.54, 1.807) is 12.1 Å². The average Bonchev–Trinajstić information content (AvgIpc) is 3.83. The molecule has 0 saturated carbocycles. The van der Waals surface area contributed by atoms with E-state index in [4.69, 9.17) is 14.8 Å². The van der Waals surface area contributed by atoms with Crippen LogP contribution in [-0.4, -0.2) is 16.5 Å². The van der Waals surface area contributed by atoms with E-state index in [0.717, 1.165) is 67.0 Å². The topological polar surface area (TPSA) is 54.3 Å². The van der Waals surface area contributed by atoms with Crippen LogP contribution in [0.3, 0.4) is 0 Å². The highest BCUT2D eigenvalue weighted by Gasteiger charge is 2.32. The Kier molecular flexibility index (Phi) is 8.94. The van der Waals surface area contributed by atoms with Gasteiger partial charge in [-0.2, -0.15) is 0 Å². The molecular formula is C52H37F2N3O. The molecule has 4 nitrogen and oxygen atoms in total. The van der Waals surface area contributed by atoms with Crippen molar-refractivity contribution in [2.45, 2.75) is 24.9 Å². The summed E-state index contributed by atoms with van der Waals surface area (Å²) in [6.45, 7) is 0. The monoisotopic (exact) mass is 757 g/mol. The molecule has 2 aromatic heterocycles. The minimum atomic E-state index is -1.11. The standard InChI is InChI=1S/C52H37F2N3O/c53-43-20-10-22-48-50(43)42-30-36(39-17-8-7-16-37(39)32-56-46(35-14-5-2-6-15-35)31-45(55)34-12-3-1-4-13-34)26-29-47(42)57(48)38-27-24-33(25-28-38)40-18-9-19-41-51-44(54)21-11-23-49(51)58-52(40)41/h1-19,21-29,31-32,36,43,55H,20,30H2/b46-31-,55-45?,56-32?. The quantitative estimate of drug-likeness (QED) is 0.154. The van der Waals surface area contributed by atoms with Crippen molar-refractivity contribution in [2.75, 3.05) is 0 Å². The highest BCUT2D eigenvalue weighted by Crippen LogP contribution is 2.45. The Bertz CT molecular complexity index is 2990. The number of benzene rings is 6. The van der Waals surface area contributed by atoms with Gasteiger partial charge in [0.1, 0.15) is 23.2 Å². The maximum absolute atomic E-state index is 16.1. The van der Waals surface area contributed by atoms with Gasteiger partial charge in [-0.05, 0) is 76.7 Å². The molecule has 8 aromatic rings. The first-order chi connectivity index (χ1) is 28.5. The molecule has 0 amide bonds. The number of furan rings is 1. The van der Waals surface area contributed by atoms with Crippen molar-refractivity contribution in [1.29, 1.82) is 5.41 Å². The second-order valence-corrected chi connectivity index (χ2v) is 14.8. The summed E-state index contributed by atoms with van der Waals surface area (Å²) < 4.78 is 39.3. The number of nitrogens with one attached hydrogen (secondary N) is 1. The van der Waals surface area contributed by atoms with Crippen LogP contribution in [0.25, 0.3) is 56.6 Å². The Hall–Kier alpha value is -7.18. The molecule has 2 atom stereocenters. The molecule has 6 heteroatoms. The van der Waals surface area contributed by atoms with E-state index in [1.165, 1.54) is 6.07 Å². The molecule has 0 fully saturated rings. The Morgan fingerprint density at radius 1 is 0.759 bits per heavy atom. The zero-order chi connectivity index (χ0) is 39.2. The van der Waals surface area contributed by atoms with Crippen LogP contribution in [-0.2, 0) is 6.42 Å². The van der Waals surface area contributed by atoms with Crippen LogP contribution in [0, 0.1) is 11.2 Å². The van der Waals surface area contributed by atoms with Gasteiger partial charge in [-0.3, -0.25) is 4.99 Å². The van der Waals surface area contributed by atoms with Gasteiger partial charge in [0, 0.05) is 52.0 Å². The highest BCUT2D eigenvalue weighted by molar-refractivity contribution is 6.11. The normalized spacial score (nSPS) is 16.3. The number of aromatic nitrogens is 1. The predicted molar refractivity (Wildman–Crippen MR) is 233 cm³/mol. The third-order valence-electron chi connectivity index (χ3n) is 11.3. The van der Waals surface area contributed by atoms with E-state index in [0.29, 0.717) is 40.8 Å². The van der Waals surface area contributed by atoms with Gasteiger partial charge < -0.3 is 14.4 Å². The predicted octanol–water partition coefficient (Wildman–Crippen LogP) is 13.5. The molecule has 0 spiro atoms. The second kappa shape index (κ2) is 14.7. The minimum Gasteiger partial charge on any atom is -0.455 e. The summed E-state index contributed by atoms with van der Waals surface area (Å²) in [5.74, 6) is -0.306. The van der Waals surface area contributed by atoms with E-state index in [2.05, 4.69) is 59.2 Å². The Morgan fingerprint density at radius 2 is 1.50 bits per heavy atom. The maximum Gasteiger partial charge on any atom is 0.143 e. The number of rotatable bonds is 8. The molecule has 0 saturated heterocycles. The van der Waals surface area contributed by atoms with Crippen LogP contribution in [0.4, 0.5) is 8.78 Å². The molecule has 1 N–H and O–H groups in total. The number of halogens is 2. The number of aliphatic imine (C=N–C) groups is 1. The van der Waals surface area contributed by atoms with Crippen LogP contribution in [0.5, 0.6) is 0 Å². The molecule has 58 heavy (non-hydrogen) atoms. The van der Waals surface area contributed by atoms with Crippen LogP contribution in [0.15, 0.2) is 173 Å². The summed E-state index contributed by atoms with van der Waals surface area (Å²) in [6, 6.07) is 46.8. The van der Waals surface area contributed by atoms with Crippen molar-refractivity contribution < 1.29 is 13.2 Å². The van der Waals surface area contributed by atoms with E-state index < -0.39 is 6.17 Å². The van der Waals surface area contributed by atoms with Crippen molar-refractivity contribution in [3.8, 4) is 16.8 Å². The molecular weight excluding hydrogens is 721 g/mol. The van der Waals surface area contributed by atoms with Gasteiger partial charge >= 0.3 is 0 Å². The summed E-state index contributed by atoms with van der Waals surface area (Å²) >= 11 is 0. The van der Waals surface area contributed by atoms with Crippen LogP contribution in [0.2, 0.25) is 0 Å². The molecule has 6 aromatic carbocycles. The summed E-state index contributed by atoms with van der Waals surface area (Å²) in [6.07, 6.45) is 11.9. The fourth-order valence-corrected chi connectivity index (χ4v) is 8.55. The van der Waals surface area contributed by atoms with Crippen molar-refractivity contribution in [3.05, 3.63) is 214 Å². The number of fused-ring (bicyclic) bond motifs is 6. The van der Waals surface area contributed by atoms with Gasteiger partial charge in [-0.1, -0.05) is 133 Å². The van der Waals surface area contributed by atoms with Gasteiger partial charge in [0.2, 0.25) is 0 Å². The summed E-state index contributed by atoms with van der Waals surface area (Å²) in [4.78, 5) is 4.99. The molecule has 2 heterocycles. The molecule has 10 rings (SSSR count). The summed E-state index contributed by atoms with van der Waals surface area (Å²) in [5.41, 5.74) is 12.4. The number of hydrogen-bond acceptors (Lipinski definition) is 3. The first-order valence-corrected chi connectivity index (χ1v) is 19.5. The molecule has 280 valence electrons. The Balaban J connectivity index is 0.994. The van der Waals surface area contributed by atoms with Crippen LogP contribution >= 0.6 is 0 Å². The lowest BCUT2D eigenvalue weighted by molar-refractivity contribution is 0.343. The van der Waals surface area contributed by atoms with Gasteiger partial charge in [0.15, 0.2) is 0 Å². The minimum absolute atomic E-state index is 0.00325. The third kappa shape index (κ3) is 6.23. The smallest absolute Gasteiger partial charge is 0.143 e. The van der Waals surface area contributed by atoms with E-state index in [1.807, 2.05) is 109 Å². The second-order valence-electron chi connectivity index (χ2n) is 14.8. The first-order valence-electron chi connectivity index (χ1n) is 19.5. The van der Waals surface area contributed by atoms with Crippen molar-refractivity contribution >= 4 is 51.7 Å². The molecule has 0 bridgehead atoms. The van der Waals surface area contributed by atoms with E-state index >= 15 is 4.39 Å². The fraction of sp³-hybridized carbons (Fsp3) is 0.0769. The Labute approximate surface area is 335 Å². The number of allylic oxidation sites excluding steroid dienone is 3. The number of hydrogen-bond donors (Lipinski definition) is 1. The SMILES string of the molecule is N=C(/C=C(\N=Cc1ccccc1C1C=Cc2c(c3c(n2-c2ccc(-c4cccc5c4oc4cccc(F)c45)cc2)C=CCC3F)C1)c1ccccc1)c1ccccc1. The van der Waals surface area contributed by atoms with Crippen LogP contribution in [0.1, 0.15) is 63.3 Å². The van der Waals surface area contributed by atoms with E-state index in [9.17, 15) is 4.39 Å². The lowest BCUT2D eigenvalue weighted by atomic mass is 9.83. The van der Waals surface area contributed by atoms with Crippen molar-refractivity contribution in [1.82, 2.24) is 4.57 Å². The van der Waals surface area contributed by atoms with E-state index in [-0.39, 0.29) is 11.7 Å². The van der Waals surface area contributed by atoms with Crippen LogP contribution < -0.4 is 0 Å². The number of alkyl halides is 1. The zero-order valence-electron chi connectivity index (χ0n) is 31.4. The molecule has 2 unspecified atom stereocenters. The Morgan fingerprint density at radius 3 is 2.31 bits per heavy atom. The highest BCUT2D eigenvalue weighted by atomic mass is 19.1.